The molecule has 0 radical (unpaired) electrons. The van der Waals surface area contributed by atoms with Gasteiger partial charge in [-0.1, -0.05) is 0 Å². The number of primary sulfonamides is 1. The van der Waals surface area contributed by atoms with E-state index in [4.69, 9.17) is 5.14 Å². The number of rotatable bonds is 3. The molecule has 1 saturated heterocycles. The fourth-order valence-electron chi connectivity index (χ4n) is 4.17. The highest BCUT2D eigenvalue weighted by Gasteiger charge is 2.40. The van der Waals surface area contributed by atoms with Gasteiger partial charge in [-0.25, -0.2) is 13.6 Å². The lowest BCUT2D eigenvalue weighted by Crippen LogP contribution is -2.38. The number of sulfonamides is 1. The van der Waals surface area contributed by atoms with Crippen molar-refractivity contribution in [2.24, 2.45) is 17.0 Å². The van der Waals surface area contributed by atoms with Crippen molar-refractivity contribution in [3.8, 4) is 0 Å². The number of piperidine rings is 1. The van der Waals surface area contributed by atoms with Crippen molar-refractivity contribution in [1.29, 1.82) is 0 Å². The Balaban J connectivity index is 1.83. The molecule has 1 saturated carbocycles. The third kappa shape index (κ3) is 3.48. The van der Waals surface area contributed by atoms with E-state index in [1.54, 1.807) is 31.9 Å². The molecule has 7 nitrogen and oxygen atoms in total. The molecule has 1 aromatic rings. The van der Waals surface area contributed by atoms with Crippen molar-refractivity contribution in [3.05, 3.63) is 28.8 Å². The average Bonchev–Trinajstić information content (AvgIpc) is 2.97. The first kappa shape index (κ1) is 18.8. The Morgan fingerprint density at radius 2 is 1.88 bits per heavy atom. The lowest BCUT2D eigenvalue weighted by molar-refractivity contribution is -0.124. The van der Waals surface area contributed by atoms with Crippen molar-refractivity contribution in [1.82, 2.24) is 10.2 Å². The summed E-state index contributed by atoms with van der Waals surface area (Å²) in [5.74, 6) is 0.560. The molecule has 26 heavy (non-hydrogen) atoms. The average molecular weight is 379 g/mol. The van der Waals surface area contributed by atoms with Gasteiger partial charge in [0.05, 0.1) is 4.90 Å². The van der Waals surface area contributed by atoms with Crippen molar-refractivity contribution >= 4 is 21.8 Å². The molecular weight excluding hydrogens is 354 g/mol. The van der Waals surface area contributed by atoms with Crippen LogP contribution in [-0.4, -0.2) is 44.8 Å². The Labute approximate surface area is 154 Å². The zero-order valence-electron chi connectivity index (χ0n) is 15.3. The number of nitrogens with one attached hydrogen (secondary N) is 1. The van der Waals surface area contributed by atoms with Gasteiger partial charge in [-0.15, -0.1) is 0 Å². The summed E-state index contributed by atoms with van der Waals surface area (Å²) in [7, 11) is -2.16. The molecule has 2 amide bonds. The number of nitrogens with two attached hydrogens (primary N) is 1. The first-order chi connectivity index (χ1) is 12.1. The van der Waals surface area contributed by atoms with E-state index in [-0.39, 0.29) is 22.8 Å². The predicted molar refractivity (Wildman–Crippen MR) is 97.0 cm³/mol. The van der Waals surface area contributed by atoms with E-state index in [0.717, 1.165) is 12.8 Å². The largest absolute Gasteiger partial charge is 0.356 e. The number of carbonyl (C=O) groups excluding carboxylic acids is 2. The molecule has 1 heterocycles. The maximum atomic E-state index is 13.0. The van der Waals surface area contributed by atoms with Gasteiger partial charge in [0.15, 0.2) is 0 Å². The molecule has 3 rings (SSSR count). The summed E-state index contributed by atoms with van der Waals surface area (Å²) in [5.41, 5.74) is 1.59. The van der Waals surface area contributed by atoms with Crippen molar-refractivity contribution in [2.75, 3.05) is 13.6 Å². The predicted octanol–water partition coefficient (Wildman–Crippen LogP) is 0.938. The normalized spacial score (nSPS) is 25.5. The second-order valence-corrected chi connectivity index (χ2v) is 9.06. The first-order valence-corrected chi connectivity index (χ1v) is 10.3. The minimum atomic E-state index is -3.90. The van der Waals surface area contributed by atoms with E-state index in [1.807, 2.05) is 0 Å². The molecule has 1 aliphatic heterocycles. The smallest absolute Gasteiger partial charge is 0.253 e. The van der Waals surface area contributed by atoms with Crippen LogP contribution in [0.2, 0.25) is 0 Å². The maximum Gasteiger partial charge on any atom is 0.253 e. The van der Waals surface area contributed by atoms with Gasteiger partial charge in [0.1, 0.15) is 0 Å². The van der Waals surface area contributed by atoms with E-state index >= 15 is 0 Å². The number of amides is 2. The number of fused-ring (bicyclic) bond motifs is 1. The van der Waals surface area contributed by atoms with Gasteiger partial charge >= 0.3 is 0 Å². The zero-order chi connectivity index (χ0) is 19.2. The molecular formula is C18H25N3O4S. The minimum Gasteiger partial charge on any atom is -0.356 e. The molecule has 3 N–H and O–H groups in total. The van der Waals surface area contributed by atoms with E-state index in [0.29, 0.717) is 41.5 Å². The molecule has 1 aliphatic carbocycles. The van der Waals surface area contributed by atoms with Crippen LogP contribution < -0.4 is 10.5 Å². The van der Waals surface area contributed by atoms with Gasteiger partial charge in [-0.05, 0) is 61.8 Å². The molecule has 1 aromatic carbocycles. The van der Waals surface area contributed by atoms with Gasteiger partial charge in [0, 0.05) is 31.6 Å². The number of benzene rings is 1. The Morgan fingerprint density at radius 3 is 2.54 bits per heavy atom. The molecule has 2 fully saturated rings. The van der Waals surface area contributed by atoms with E-state index < -0.39 is 10.0 Å². The summed E-state index contributed by atoms with van der Waals surface area (Å²) >= 11 is 0. The van der Waals surface area contributed by atoms with Crippen LogP contribution in [-0.2, 0) is 14.8 Å². The lowest BCUT2D eigenvalue weighted by atomic mass is 9.89. The Kier molecular flexibility index (Phi) is 4.83. The second-order valence-electron chi connectivity index (χ2n) is 7.53. The Hall–Kier alpha value is -1.93. The molecule has 3 atom stereocenters. The fraction of sp³-hybridized carbons (Fsp3) is 0.556. The van der Waals surface area contributed by atoms with Crippen molar-refractivity contribution in [2.45, 2.75) is 44.0 Å². The summed E-state index contributed by atoms with van der Waals surface area (Å²) < 4.78 is 23.6. The zero-order valence-corrected chi connectivity index (χ0v) is 16.1. The SMILES string of the molecule is Cc1cc(C(=O)N(C)[C@H]2C[C@H]3CNC(=O)C[C@H]3C2)cc(S(N)(=O)=O)c1C. The lowest BCUT2D eigenvalue weighted by Gasteiger charge is -2.25. The Bertz CT molecular complexity index is 865. The summed E-state index contributed by atoms with van der Waals surface area (Å²) in [6.07, 6.45) is 2.16. The first-order valence-electron chi connectivity index (χ1n) is 8.76. The van der Waals surface area contributed by atoms with E-state index in [9.17, 15) is 18.0 Å². The molecule has 0 spiro atoms. The third-order valence-corrected chi connectivity index (χ3v) is 6.90. The molecule has 8 heteroatoms. The van der Waals surface area contributed by atoms with Gasteiger partial charge in [0.2, 0.25) is 15.9 Å². The Morgan fingerprint density at radius 1 is 1.23 bits per heavy atom. The minimum absolute atomic E-state index is 0.0101. The standard InChI is InChI=1S/C18H25N3O4S/c1-10-4-13(7-16(11(10)2)26(19,24)25)18(23)21(3)15-5-12-8-17(22)20-9-14(12)6-15/h4,7,12,14-15H,5-6,8-9H2,1-3H3,(H,20,22)(H2,19,24,25)/t12-,14+,15-/m1/s1. The quantitative estimate of drug-likeness (QED) is 0.814. The third-order valence-electron chi connectivity index (χ3n) is 5.87. The van der Waals surface area contributed by atoms with Gasteiger partial charge in [-0.3, -0.25) is 9.59 Å². The second kappa shape index (κ2) is 6.66. The highest BCUT2D eigenvalue weighted by atomic mass is 32.2. The van der Waals surface area contributed by atoms with Crippen LogP contribution in [0.5, 0.6) is 0 Å². The summed E-state index contributed by atoms with van der Waals surface area (Å²) in [6.45, 7) is 4.11. The molecule has 142 valence electrons. The van der Waals surface area contributed by atoms with Gasteiger partial charge in [0.25, 0.3) is 5.91 Å². The summed E-state index contributed by atoms with van der Waals surface area (Å²) in [5, 5.41) is 8.18. The van der Waals surface area contributed by atoms with Crippen LogP contribution in [0.4, 0.5) is 0 Å². The van der Waals surface area contributed by atoms with Crippen LogP contribution in [0.3, 0.4) is 0 Å². The summed E-state index contributed by atoms with van der Waals surface area (Å²) in [4.78, 5) is 26.2. The van der Waals surface area contributed by atoms with Gasteiger partial charge < -0.3 is 10.2 Å². The number of nitrogens with zero attached hydrogens (tertiary/aromatic N) is 1. The van der Waals surface area contributed by atoms with Crippen LogP contribution in [0.1, 0.15) is 40.7 Å². The van der Waals surface area contributed by atoms with Crippen molar-refractivity contribution < 1.29 is 18.0 Å². The molecule has 0 aromatic heterocycles. The summed E-state index contributed by atoms with van der Waals surface area (Å²) in [6, 6.07) is 3.12. The molecule has 0 unspecified atom stereocenters. The van der Waals surface area contributed by atoms with Crippen LogP contribution in [0.25, 0.3) is 0 Å². The number of hydrogen-bond donors (Lipinski definition) is 2. The molecule has 0 bridgehead atoms. The van der Waals surface area contributed by atoms with Crippen LogP contribution in [0.15, 0.2) is 17.0 Å². The van der Waals surface area contributed by atoms with Crippen LogP contribution >= 0.6 is 0 Å². The molecule has 2 aliphatic rings. The fourth-order valence-corrected chi connectivity index (χ4v) is 5.05. The van der Waals surface area contributed by atoms with Gasteiger partial charge in [-0.2, -0.15) is 0 Å². The highest BCUT2D eigenvalue weighted by molar-refractivity contribution is 7.89. The number of hydrogen-bond acceptors (Lipinski definition) is 4. The van der Waals surface area contributed by atoms with E-state index in [2.05, 4.69) is 5.32 Å². The van der Waals surface area contributed by atoms with Crippen LogP contribution in [0, 0.1) is 25.7 Å². The number of aryl methyl sites for hydroxylation is 1. The van der Waals surface area contributed by atoms with E-state index in [1.165, 1.54) is 6.07 Å². The topological polar surface area (TPSA) is 110 Å². The monoisotopic (exact) mass is 379 g/mol. The number of carbonyl (C=O) groups is 2. The highest BCUT2D eigenvalue weighted by Crippen LogP contribution is 2.38. The maximum absolute atomic E-state index is 13.0. The van der Waals surface area contributed by atoms with Crippen molar-refractivity contribution in [3.63, 3.8) is 0 Å².